The van der Waals surface area contributed by atoms with Crippen LogP contribution in [0.2, 0.25) is 0 Å². The second-order valence-electron chi connectivity index (χ2n) is 6.22. The quantitative estimate of drug-likeness (QED) is 0.546. The van der Waals surface area contributed by atoms with Gasteiger partial charge in [0.25, 0.3) is 5.91 Å². The number of carbonyl (C=O) groups excluding carboxylic acids is 2. The van der Waals surface area contributed by atoms with Crippen LogP contribution in [0.3, 0.4) is 0 Å². The molecule has 2 rings (SSSR count). The Labute approximate surface area is 151 Å². The second kappa shape index (κ2) is 8.96. The molecule has 2 aromatic carbocycles. The van der Waals surface area contributed by atoms with Crippen LogP contribution in [-0.4, -0.2) is 28.1 Å². The molecule has 0 aliphatic heterocycles. The fraction of sp³-hybridized carbons (Fsp3) is 0.263. The van der Waals surface area contributed by atoms with Gasteiger partial charge >= 0.3 is 6.03 Å². The fourth-order valence-electron chi connectivity index (χ4n) is 2.68. The third-order valence-corrected chi connectivity index (χ3v) is 3.90. The van der Waals surface area contributed by atoms with Gasteiger partial charge in [0.15, 0.2) is 0 Å². The molecule has 0 saturated heterocycles. The molecule has 0 spiro atoms. The van der Waals surface area contributed by atoms with Crippen molar-refractivity contribution >= 4 is 17.6 Å². The van der Waals surface area contributed by atoms with Gasteiger partial charge < -0.3 is 10.2 Å². The Hall–Kier alpha value is -2.93. The van der Waals surface area contributed by atoms with Crippen LogP contribution in [0.4, 0.5) is 14.9 Å². The third-order valence-electron chi connectivity index (χ3n) is 3.90. The lowest BCUT2D eigenvalue weighted by Gasteiger charge is -2.33. The van der Waals surface area contributed by atoms with Crippen molar-refractivity contribution < 1.29 is 19.2 Å². The Morgan fingerprint density at radius 2 is 1.69 bits per heavy atom. The molecule has 6 nitrogen and oxygen atoms in total. The molecular formula is C19H22FN3O3. The zero-order chi connectivity index (χ0) is 19.1. The molecule has 3 N–H and O–H groups in total. The number of halogens is 1. The van der Waals surface area contributed by atoms with Crippen molar-refractivity contribution in [1.82, 2.24) is 10.4 Å². The van der Waals surface area contributed by atoms with Crippen molar-refractivity contribution in [1.29, 1.82) is 0 Å². The summed E-state index contributed by atoms with van der Waals surface area (Å²) < 4.78 is 13.1. The molecule has 1 atom stereocenters. The maximum atomic E-state index is 13.1. The van der Waals surface area contributed by atoms with Crippen molar-refractivity contribution in [3.8, 4) is 0 Å². The third kappa shape index (κ3) is 5.03. The van der Waals surface area contributed by atoms with E-state index >= 15 is 0 Å². The molecule has 138 valence electrons. The number of anilines is 1. The molecule has 0 bridgehead atoms. The smallest absolute Gasteiger partial charge is 0.308 e. The number of amides is 3. The van der Waals surface area contributed by atoms with E-state index in [2.05, 4.69) is 5.32 Å². The van der Waals surface area contributed by atoms with E-state index in [9.17, 15) is 14.0 Å². The summed E-state index contributed by atoms with van der Waals surface area (Å²) in [5.41, 5.74) is 2.86. The number of carbonyl (C=O) groups is 2. The molecule has 0 aromatic heterocycles. The van der Waals surface area contributed by atoms with E-state index < -0.39 is 23.8 Å². The zero-order valence-corrected chi connectivity index (χ0v) is 14.6. The number of benzene rings is 2. The van der Waals surface area contributed by atoms with Crippen LogP contribution in [0.5, 0.6) is 0 Å². The van der Waals surface area contributed by atoms with Crippen LogP contribution in [0.1, 0.15) is 19.4 Å². The first-order valence-electron chi connectivity index (χ1n) is 8.23. The van der Waals surface area contributed by atoms with E-state index in [1.807, 2.05) is 30.3 Å². The number of urea groups is 1. The van der Waals surface area contributed by atoms with Crippen LogP contribution in [0, 0.1) is 11.7 Å². The first-order valence-corrected chi connectivity index (χ1v) is 8.23. The Bertz CT molecular complexity index is 735. The van der Waals surface area contributed by atoms with Crippen molar-refractivity contribution in [2.45, 2.75) is 26.4 Å². The first-order chi connectivity index (χ1) is 12.4. The average molecular weight is 359 g/mol. The Balaban J connectivity index is 2.29. The minimum Gasteiger partial charge on any atom is -0.308 e. The van der Waals surface area contributed by atoms with Gasteiger partial charge in [-0.05, 0) is 35.7 Å². The van der Waals surface area contributed by atoms with Gasteiger partial charge in [-0.15, -0.1) is 0 Å². The van der Waals surface area contributed by atoms with E-state index in [1.165, 1.54) is 29.2 Å². The van der Waals surface area contributed by atoms with E-state index in [1.54, 1.807) is 19.3 Å². The zero-order valence-electron chi connectivity index (χ0n) is 14.6. The summed E-state index contributed by atoms with van der Waals surface area (Å²) in [6.07, 6.45) is 0. The normalized spacial score (nSPS) is 11.7. The van der Waals surface area contributed by atoms with Gasteiger partial charge in [0.2, 0.25) is 0 Å². The lowest BCUT2D eigenvalue weighted by atomic mass is 10.0. The molecule has 0 unspecified atom stereocenters. The molecule has 3 amide bonds. The maximum Gasteiger partial charge on any atom is 0.322 e. The van der Waals surface area contributed by atoms with Gasteiger partial charge in [-0.1, -0.05) is 44.2 Å². The van der Waals surface area contributed by atoms with Crippen LogP contribution >= 0.6 is 0 Å². The number of hydrogen-bond acceptors (Lipinski definition) is 3. The van der Waals surface area contributed by atoms with Crippen LogP contribution < -0.4 is 10.8 Å². The lowest BCUT2D eigenvalue weighted by Crippen LogP contribution is -2.52. The van der Waals surface area contributed by atoms with Gasteiger partial charge in [0.05, 0.1) is 0 Å². The highest BCUT2D eigenvalue weighted by atomic mass is 19.1. The summed E-state index contributed by atoms with van der Waals surface area (Å²) in [5.74, 6) is -1.33. The second-order valence-corrected chi connectivity index (χ2v) is 6.22. The van der Waals surface area contributed by atoms with Crippen molar-refractivity contribution in [3.63, 3.8) is 0 Å². The lowest BCUT2D eigenvalue weighted by molar-refractivity contribution is -0.135. The van der Waals surface area contributed by atoms with E-state index in [-0.39, 0.29) is 12.5 Å². The average Bonchev–Trinajstić information content (AvgIpc) is 2.63. The number of hydroxylamine groups is 1. The number of nitrogens with zero attached hydrogens (tertiary/aromatic N) is 1. The highest BCUT2D eigenvalue weighted by molar-refractivity contribution is 5.93. The van der Waals surface area contributed by atoms with Gasteiger partial charge in [-0.25, -0.2) is 14.7 Å². The van der Waals surface area contributed by atoms with Gasteiger partial charge in [-0.3, -0.25) is 10.0 Å². The molecule has 0 saturated carbocycles. The monoisotopic (exact) mass is 359 g/mol. The minimum absolute atomic E-state index is 0.171. The summed E-state index contributed by atoms with van der Waals surface area (Å²) in [7, 11) is 0. The summed E-state index contributed by atoms with van der Waals surface area (Å²) in [5, 5.41) is 11.7. The standard InChI is InChI=1S/C19H22FN3O3/c1-13(2)17(18(24)22-26)23(12-14-6-4-3-5-7-14)19(25)21-16-10-8-15(20)9-11-16/h3-11,13,17,26H,12H2,1-2H3,(H,21,25)(H,22,24)/t17-/m0/s1. The van der Waals surface area contributed by atoms with Crippen LogP contribution in [0.15, 0.2) is 54.6 Å². The largest absolute Gasteiger partial charge is 0.322 e. The van der Waals surface area contributed by atoms with Crippen LogP contribution in [0.25, 0.3) is 0 Å². The molecule has 0 radical (unpaired) electrons. The highest BCUT2D eigenvalue weighted by Gasteiger charge is 2.32. The SMILES string of the molecule is CC(C)[C@@H](C(=O)NO)N(Cc1ccccc1)C(=O)Nc1ccc(F)cc1. The number of hydrogen-bond donors (Lipinski definition) is 3. The molecule has 0 aliphatic rings. The van der Waals surface area contributed by atoms with E-state index in [0.717, 1.165) is 5.56 Å². The van der Waals surface area contributed by atoms with Gasteiger partial charge in [0.1, 0.15) is 11.9 Å². The van der Waals surface area contributed by atoms with Crippen molar-refractivity contribution in [2.24, 2.45) is 5.92 Å². The van der Waals surface area contributed by atoms with E-state index in [0.29, 0.717) is 5.69 Å². The maximum absolute atomic E-state index is 13.1. The summed E-state index contributed by atoms with van der Waals surface area (Å²) in [4.78, 5) is 26.3. The first kappa shape index (κ1) is 19.4. The highest BCUT2D eigenvalue weighted by Crippen LogP contribution is 2.18. The fourth-order valence-corrected chi connectivity index (χ4v) is 2.68. The number of rotatable bonds is 6. The van der Waals surface area contributed by atoms with Gasteiger partial charge in [0, 0.05) is 12.2 Å². The molecule has 0 heterocycles. The van der Waals surface area contributed by atoms with Gasteiger partial charge in [-0.2, -0.15) is 0 Å². The minimum atomic E-state index is -0.888. The topological polar surface area (TPSA) is 81.7 Å². The Morgan fingerprint density at radius 3 is 2.23 bits per heavy atom. The number of nitrogens with one attached hydrogen (secondary N) is 2. The molecule has 0 fully saturated rings. The predicted octanol–water partition coefficient (Wildman–Crippen LogP) is 3.39. The van der Waals surface area contributed by atoms with E-state index in [4.69, 9.17) is 5.21 Å². The van der Waals surface area contributed by atoms with Crippen LogP contribution in [-0.2, 0) is 11.3 Å². The van der Waals surface area contributed by atoms with Crippen molar-refractivity contribution in [2.75, 3.05) is 5.32 Å². The Morgan fingerprint density at radius 1 is 1.08 bits per heavy atom. The molecule has 2 aromatic rings. The molecule has 26 heavy (non-hydrogen) atoms. The molecule has 0 aliphatic carbocycles. The van der Waals surface area contributed by atoms with Crippen molar-refractivity contribution in [3.05, 3.63) is 66.0 Å². The summed E-state index contributed by atoms with van der Waals surface area (Å²) in [6.45, 7) is 3.73. The predicted molar refractivity (Wildman–Crippen MR) is 96.0 cm³/mol. The summed E-state index contributed by atoms with van der Waals surface area (Å²) in [6, 6.07) is 13.1. The Kier molecular flexibility index (Phi) is 6.68. The summed E-state index contributed by atoms with van der Waals surface area (Å²) >= 11 is 0. The molecule has 7 heteroatoms. The molecular weight excluding hydrogens is 337 g/mol.